The quantitative estimate of drug-likeness (QED) is 0.481. The molecule has 2 aromatic carbocycles. The fourth-order valence-electron chi connectivity index (χ4n) is 7.13. The maximum Gasteiger partial charge on any atom is 0.264 e. The van der Waals surface area contributed by atoms with E-state index in [4.69, 9.17) is 9.47 Å². The van der Waals surface area contributed by atoms with Crippen LogP contribution in [0, 0.1) is 5.92 Å². The number of methoxy groups -OCH3 is 2. The van der Waals surface area contributed by atoms with E-state index in [1.807, 2.05) is 15.5 Å². The van der Waals surface area contributed by atoms with Crippen molar-refractivity contribution in [1.82, 2.24) is 14.4 Å². The molecule has 10 heteroatoms. The first-order valence-corrected chi connectivity index (χ1v) is 13.9. The number of carbonyl (C=O) groups is 3. The lowest BCUT2D eigenvalue weighted by atomic mass is 9.83. The molecule has 4 aliphatic heterocycles. The summed E-state index contributed by atoms with van der Waals surface area (Å²) in [6, 6.07) is 15.9. The summed E-state index contributed by atoms with van der Waals surface area (Å²) in [7, 11) is 3.00. The molecular weight excluding hydrogens is 524 g/mol. The molecule has 2 bridgehead atoms. The molecule has 41 heavy (non-hydrogen) atoms. The van der Waals surface area contributed by atoms with Crippen LogP contribution in [0.3, 0.4) is 0 Å². The Kier molecular flexibility index (Phi) is 5.88. The number of ether oxygens (including phenoxy) is 2. The van der Waals surface area contributed by atoms with Crippen molar-refractivity contribution >= 4 is 23.4 Å². The first kappa shape index (κ1) is 25.4. The predicted octanol–water partition coefficient (Wildman–Crippen LogP) is 3.02. The lowest BCUT2D eigenvalue weighted by Crippen LogP contribution is -2.51. The molecule has 3 aromatic rings. The Balaban J connectivity index is 1.18. The summed E-state index contributed by atoms with van der Waals surface area (Å²) in [5.74, 6) is 0.530. The van der Waals surface area contributed by atoms with E-state index >= 15 is 0 Å². The van der Waals surface area contributed by atoms with E-state index in [0.29, 0.717) is 53.5 Å². The molecule has 3 amide bonds. The lowest BCUT2D eigenvalue weighted by molar-refractivity contribution is -0.134. The van der Waals surface area contributed by atoms with E-state index in [2.05, 4.69) is 0 Å². The fourth-order valence-corrected chi connectivity index (χ4v) is 7.13. The van der Waals surface area contributed by atoms with Gasteiger partial charge in [-0.3, -0.25) is 24.1 Å². The number of likely N-dealkylation sites (tertiary alicyclic amines) is 1. The van der Waals surface area contributed by atoms with Crippen LogP contribution in [0.5, 0.6) is 11.5 Å². The van der Waals surface area contributed by atoms with Gasteiger partial charge in [0.05, 0.1) is 31.0 Å². The van der Waals surface area contributed by atoms with E-state index in [9.17, 15) is 19.2 Å². The number of hydrogen-bond donors (Lipinski definition) is 0. The normalized spacial score (nSPS) is 22.1. The molecule has 3 atom stereocenters. The number of hydrogen-bond acceptors (Lipinski definition) is 6. The second-order valence-electron chi connectivity index (χ2n) is 11.1. The van der Waals surface area contributed by atoms with Gasteiger partial charge in [-0.25, -0.2) is 0 Å². The average Bonchev–Trinajstić information content (AvgIpc) is 3.29. The highest BCUT2D eigenvalue weighted by atomic mass is 16.5. The number of rotatable bonds is 5. The first-order valence-electron chi connectivity index (χ1n) is 13.9. The summed E-state index contributed by atoms with van der Waals surface area (Å²) in [5, 5.41) is 0. The number of carbonyl (C=O) groups excluding carboxylic acids is 3. The molecule has 7 rings (SSSR count). The highest BCUT2D eigenvalue weighted by molar-refractivity contribution is 6.18. The summed E-state index contributed by atoms with van der Waals surface area (Å²) >= 11 is 0. The van der Waals surface area contributed by atoms with Crippen LogP contribution < -0.4 is 19.9 Å². The minimum Gasteiger partial charge on any atom is -0.493 e. The molecule has 1 saturated heterocycles. The minimum atomic E-state index is -0.702. The van der Waals surface area contributed by atoms with Gasteiger partial charge in [0.15, 0.2) is 11.5 Å². The number of nitrogens with zero attached hydrogens (tertiary/aromatic N) is 4. The van der Waals surface area contributed by atoms with Crippen LogP contribution in [-0.2, 0) is 11.3 Å². The zero-order valence-corrected chi connectivity index (χ0v) is 22.9. The predicted molar refractivity (Wildman–Crippen MR) is 149 cm³/mol. The Labute approximate surface area is 236 Å². The van der Waals surface area contributed by atoms with Gasteiger partial charge in [0, 0.05) is 55.8 Å². The molecule has 0 saturated carbocycles. The summed E-state index contributed by atoms with van der Waals surface area (Å²) in [4.78, 5) is 58.8. The standard InChI is InChI=1S/C31H30N4O6/c1-40-24-11-10-21-27(28(24)41-2)31(39)35-23-7-4-3-6-20(23)30(38)33(29(21)35)13-12-25(36)32-15-18-14-19(17-32)22-8-5-9-26(37)34(22)16-18/h3-11,18-19,29H,12-17H2,1-2H3/t18-,19+,29-/m1/s1. The average molecular weight is 555 g/mol. The Morgan fingerprint density at radius 3 is 2.54 bits per heavy atom. The van der Waals surface area contributed by atoms with Crippen molar-refractivity contribution in [2.75, 3.05) is 38.8 Å². The van der Waals surface area contributed by atoms with Crippen LogP contribution in [0.1, 0.15) is 56.9 Å². The Bertz CT molecular complexity index is 1660. The SMILES string of the molecule is COc1ccc2c(c1OC)C(=O)N1c3ccccc3C(=O)N(CCC(=O)N3C[C@H]4C[C@@H](C3)c3cccc(=O)n3C4)[C@@H]21. The van der Waals surface area contributed by atoms with Crippen molar-refractivity contribution in [1.29, 1.82) is 0 Å². The highest BCUT2D eigenvalue weighted by Gasteiger charge is 2.49. The second kappa shape index (κ2) is 9.50. The van der Waals surface area contributed by atoms with E-state index in [1.165, 1.54) is 14.2 Å². The molecule has 0 N–H and O–H groups in total. The second-order valence-corrected chi connectivity index (χ2v) is 11.1. The number of piperidine rings is 1. The van der Waals surface area contributed by atoms with E-state index in [0.717, 1.165) is 12.1 Å². The van der Waals surface area contributed by atoms with Gasteiger partial charge in [-0.2, -0.15) is 0 Å². The minimum absolute atomic E-state index is 0.00562. The molecule has 0 spiro atoms. The number of amides is 3. The molecule has 4 aliphatic rings. The topological polar surface area (TPSA) is 101 Å². The van der Waals surface area contributed by atoms with Gasteiger partial charge in [-0.15, -0.1) is 0 Å². The van der Waals surface area contributed by atoms with E-state index in [1.54, 1.807) is 58.3 Å². The Morgan fingerprint density at radius 2 is 1.73 bits per heavy atom. The van der Waals surface area contributed by atoms with Gasteiger partial charge in [-0.05, 0) is 36.6 Å². The van der Waals surface area contributed by atoms with E-state index < -0.39 is 6.17 Å². The maximum absolute atomic E-state index is 13.9. The van der Waals surface area contributed by atoms with Gasteiger partial charge >= 0.3 is 0 Å². The maximum atomic E-state index is 13.9. The molecule has 210 valence electrons. The van der Waals surface area contributed by atoms with Gasteiger partial charge in [0.2, 0.25) is 5.91 Å². The smallest absolute Gasteiger partial charge is 0.264 e. The molecule has 1 fully saturated rings. The van der Waals surface area contributed by atoms with Crippen LogP contribution in [-0.4, -0.2) is 65.9 Å². The Hall–Kier alpha value is -4.60. The molecule has 0 radical (unpaired) electrons. The third-order valence-electron chi connectivity index (χ3n) is 8.88. The number of fused-ring (bicyclic) bond motifs is 9. The van der Waals surface area contributed by atoms with Gasteiger partial charge in [-0.1, -0.05) is 24.3 Å². The van der Waals surface area contributed by atoms with Crippen molar-refractivity contribution in [2.24, 2.45) is 5.92 Å². The zero-order chi connectivity index (χ0) is 28.4. The highest BCUT2D eigenvalue weighted by Crippen LogP contribution is 2.49. The fraction of sp³-hybridized carbons (Fsp3) is 0.355. The van der Waals surface area contributed by atoms with Gasteiger partial charge in [0.1, 0.15) is 6.17 Å². The zero-order valence-electron chi connectivity index (χ0n) is 22.9. The number of para-hydroxylation sites is 1. The Morgan fingerprint density at radius 1 is 0.902 bits per heavy atom. The van der Waals surface area contributed by atoms with Crippen molar-refractivity contribution in [2.45, 2.75) is 31.5 Å². The van der Waals surface area contributed by atoms with Crippen LogP contribution in [0.2, 0.25) is 0 Å². The molecule has 10 nitrogen and oxygen atoms in total. The summed E-state index contributed by atoms with van der Waals surface area (Å²) in [6.45, 7) is 1.89. The monoisotopic (exact) mass is 554 g/mol. The van der Waals surface area contributed by atoms with Crippen LogP contribution in [0.15, 0.2) is 59.4 Å². The van der Waals surface area contributed by atoms with Crippen molar-refractivity contribution in [3.8, 4) is 11.5 Å². The van der Waals surface area contributed by atoms with Crippen LogP contribution >= 0.6 is 0 Å². The molecule has 0 unspecified atom stereocenters. The third kappa shape index (κ3) is 3.77. The molecular formula is C31H30N4O6. The number of aromatic nitrogens is 1. The first-order chi connectivity index (χ1) is 19.9. The van der Waals surface area contributed by atoms with Crippen molar-refractivity contribution in [3.05, 3.63) is 87.3 Å². The van der Waals surface area contributed by atoms with Gasteiger partial charge in [0.25, 0.3) is 17.4 Å². The van der Waals surface area contributed by atoms with Crippen molar-refractivity contribution < 1.29 is 23.9 Å². The molecule has 5 heterocycles. The third-order valence-corrected chi connectivity index (χ3v) is 8.88. The number of benzene rings is 2. The summed E-state index contributed by atoms with van der Waals surface area (Å²) in [5.41, 5.74) is 2.93. The number of anilines is 1. The van der Waals surface area contributed by atoms with Gasteiger partial charge < -0.3 is 23.8 Å². The number of pyridine rings is 1. The molecule has 1 aromatic heterocycles. The summed E-state index contributed by atoms with van der Waals surface area (Å²) in [6.07, 6.45) is 0.373. The lowest BCUT2D eigenvalue weighted by Gasteiger charge is -2.43. The molecule has 0 aliphatic carbocycles. The largest absolute Gasteiger partial charge is 0.493 e. The summed E-state index contributed by atoms with van der Waals surface area (Å²) < 4.78 is 12.9. The van der Waals surface area contributed by atoms with Crippen LogP contribution in [0.4, 0.5) is 5.69 Å². The van der Waals surface area contributed by atoms with Crippen molar-refractivity contribution in [3.63, 3.8) is 0 Å². The van der Waals surface area contributed by atoms with Crippen LogP contribution in [0.25, 0.3) is 0 Å². The van der Waals surface area contributed by atoms with E-state index in [-0.39, 0.29) is 48.1 Å².